The maximum Gasteiger partial charge on any atom is 0.630 e. The molecule has 0 fully saturated rings. The molecule has 14 heavy (non-hydrogen) atoms. The van der Waals surface area contributed by atoms with Gasteiger partial charge >= 0.3 is 8.97 Å². The van der Waals surface area contributed by atoms with Crippen LogP contribution in [0.25, 0.3) is 0 Å². The van der Waals surface area contributed by atoms with E-state index in [1.54, 1.807) is 21.3 Å². The highest BCUT2D eigenvalue weighted by Crippen LogP contribution is 2.13. The second kappa shape index (κ2) is 5.11. The highest BCUT2D eigenvalue weighted by Gasteiger charge is 2.39. The van der Waals surface area contributed by atoms with Gasteiger partial charge in [0.15, 0.2) is 0 Å². The van der Waals surface area contributed by atoms with E-state index in [4.69, 9.17) is 13.3 Å². The van der Waals surface area contributed by atoms with Crippen molar-refractivity contribution < 1.29 is 13.3 Å². The van der Waals surface area contributed by atoms with E-state index in [0.29, 0.717) is 0 Å². The maximum absolute atomic E-state index is 5.22. The summed E-state index contributed by atoms with van der Waals surface area (Å²) in [5.41, 5.74) is 0.921. The standard InChI is InChI=1S/C9H15NO3Si/c1-11-14(12-2,13-3)10-9-7-5-4-6-8-9/h4-8,10H,1-3H3. The Kier molecular flexibility index (Phi) is 4.09. The molecule has 0 radical (unpaired) electrons. The van der Waals surface area contributed by atoms with Gasteiger partial charge in [-0.25, -0.2) is 0 Å². The van der Waals surface area contributed by atoms with Crippen molar-refractivity contribution in [2.24, 2.45) is 0 Å². The fourth-order valence-corrected chi connectivity index (χ4v) is 2.43. The Hall–Kier alpha value is -0.883. The van der Waals surface area contributed by atoms with Gasteiger partial charge in [0.05, 0.1) is 0 Å². The molecule has 0 bridgehead atoms. The van der Waals surface area contributed by atoms with Crippen molar-refractivity contribution in [3.63, 3.8) is 0 Å². The molecule has 0 aliphatic heterocycles. The van der Waals surface area contributed by atoms with Crippen molar-refractivity contribution in [1.29, 1.82) is 0 Å². The van der Waals surface area contributed by atoms with Crippen LogP contribution in [-0.4, -0.2) is 30.3 Å². The zero-order valence-electron chi connectivity index (χ0n) is 8.61. The minimum atomic E-state index is -2.71. The van der Waals surface area contributed by atoms with Gasteiger partial charge in [-0.15, -0.1) is 0 Å². The van der Waals surface area contributed by atoms with Gasteiger partial charge in [0.1, 0.15) is 0 Å². The monoisotopic (exact) mass is 213 g/mol. The molecule has 1 rings (SSSR count). The van der Waals surface area contributed by atoms with Gasteiger partial charge in [0, 0.05) is 27.0 Å². The summed E-state index contributed by atoms with van der Waals surface area (Å²) in [6.45, 7) is 0. The summed E-state index contributed by atoms with van der Waals surface area (Å²) in [6.07, 6.45) is 0. The molecule has 0 spiro atoms. The summed E-state index contributed by atoms with van der Waals surface area (Å²) in [4.78, 5) is 3.11. The summed E-state index contributed by atoms with van der Waals surface area (Å²) in [7, 11) is 1.99. The highest BCUT2D eigenvalue weighted by molar-refractivity contribution is 6.64. The number of benzene rings is 1. The molecule has 5 heteroatoms. The first-order chi connectivity index (χ1) is 6.76. The number of para-hydroxylation sites is 1. The molecule has 0 saturated carbocycles. The van der Waals surface area contributed by atoms with Gasteiger partial charge < -0.3 is 18.3 Å². The molecular formula is C9H15NO3Si. The summed E-state index contributed by atoms with van der Waals surface area (Å²) >= 11 is 0. The quantitative estimate of drug-likeness (QED) is 0.752. The Morgan fingerprint density at radius 1 is 0.929 bits per heavy atom. The SMILES string of the molecule is CO[Si](Nc1ccccc1)(OC)OC. The van der Waals surface area contributed by atoms with E-state index >= 15 is 0 Å². The molecule has 0 unspecified atom stereocenters. The van der Waals surface area contributed by atoms with Gasteiger partial charge in [0.2, 0.25) is 0 Å². The zero-order chi connectivity index (χ0) is 10.4. The molecule has 4 nitrogen and oxygen atoms in total. The van der Waals surface area contributed by atoms with Crippen LogP contribution >= 0.6 is 0 Å². The highest BCUT2D eigenvalue weighted by atomic mass is 28.4. The second-order valence-electron chi connectivity index (χ2n) is 2.66. The Morgan fingerprint density at radius 3 is 1.86 bits per heavy atom. The Bertz CT molecular complexity index is 256. The lowest BCUT2D eigenvalue weighted by atomic mass is 10.3. The van der Waals surface area contributed by atoms with Gasteiger partial charge in [0.25, 0.3) is 0 Å². The molecule has 0 aliphatic carbocycles. The molecule has 0 saturated heterocycles. The molecule has 0 amide bonds. The van der Waals surface area contributed by atoms with Crippen molar-refractivity contribution in [1.82, 2.24) is 0 Å². The minimum absolute atomic E-state index is 0.921. The van der Waals surface area contributed by atoms with Gasteiger partial charge in [-0.1, -0.05) is 18.2 Å². The van der Waals surface area contributed by atoms with Crippen molar-refractivity contribution in [3.05, 3.63) is 30.3 Å². The average Bonchev–Trinajstić information content (AvgIpc) is 2.28. The molecular weight excluding hydrogens is 198 g/mol. The molecule has 1 aromatic carbocycles. The third-order valence-corrected chi connectivity index (χ3v) is 4.08. The third-order valence-electron chi connectivity index (χ3n) is 1.88. The van der Waals surface area contributed by atoms with Crippen molar-refractivity contribution >= 4 is 14.7 Å². The van der Waals surface area contributed by atoms with Crippen LogP contribution in [0.3, 0.4) is 0 Å². The predicted molar refractivity (Wildman–Crippen MR) is 56.8 cm³/mol. The van der Waals surface area contributed by atoms with Crippen LogP contribution in [0.5, 0.6) is 0 Å². The van der Waals surface area contributed by atoms with Crippen LogP contribution in [0.1, 0.15) is 0 Å². The summed E-state index contributed by atoms with van der Waals surface area (Å²) in [6, 6.07) is 9.67. The normalized spacial score (nSPS) is 11.4. The Balaban J connectivity index is 2.74. The number of hydrogen-bond acceptors (Lipinski definition) is 4. The van der Waals surface area contributed by atoms with E-state index in [9.17, 15) is 0 Å². The van der Waals surface area contributed by atoms with Crippen molar-refractivity contribution in [2.75, 3.05) is 26.3 Å². The van der Waals surface area contributed by atoms with Crippen molar-refractivity contribution in [3.8, 4) is 0 Å². The van der Waals surface area contributed by atoms with Crippen molar-refractivity contribution in [2.45, 2.75) is 0 Å². The van der Waals surface area contributed by atoms with Gasteiger partial charge in [-0.05, 0) is 12.1 Å². The van der Waals surface area contributed by atoms with Crippen LogP contribution in [0.2, 0.25) is 0 Å². The van der Waals surface area contributed by atoms with Crippen LogP contribution in [0.4, 0.5) is 5.69 Å². The first-order valence-electron chi connectivity index (χ1n) is 4.25. The average molecular weight is 213 g/mol. The smallest absolute Gasteiger partial charge is 0.360 e. The van der Waals surface area contributed by atoms with E-state index in [1.165, 1.54) is 0 Å². The lowest BCUT2D eigenvalue weighted by Crippen LogP contribution is -2.51. The maximum atomic E-state index is 5.22. The van der Waals surface area contributed by atoms with E-state index in [2.05, 4.69) is 4.98 Å². The lowest BCUT2D eigenvalue weighted by Gasteiger charge is -2.24. The first-order valence-corrected chi connectivity index (χ1v) is 5.97. The zero-order valence-corrected chi connectivity index (χ0v) is 9.61. The van der Waals surface area contributed by atoms with Crippen LogP contribution in [0.15, 0.2) is 30.3 Å². The number of nitrogens with one attached hydrogen (secondary N) is 1. The molecule has 0 aliphatic rings. The predicted octanol–water partition coefficient (Wildman–Crippen LogP) is 1.47. The fraction of sp³-hybridized carbons (Fsp3) is 0.333. The number of rotatable bonds is 5. The van der Waals surface area contributed by atoms with Gasteiger partial charge in [-0.2, -0.15) is 0 Å². The summed E-state index contributed by atoms with van der Waals surface area (Å²) < 4.78 is 15.7. The molecule has 1 N–H and O–H groups in total. The van der Waals surface area contributed by atoms with E-state index in [0.717, 1.165) is 5.69 Å². The van der Waals surface area contributed by atoms with Crippen LogP contribution in [-0.2, 0) is 13.3 Å². The van der Waals surface area contributed by atoms with Gasteiger partial charge in [-0.3, -0.25) is 0 Å². The molecule has 1 aromatic rings. The second-order valence-corrected chi connectivity index (χ2v) is 5.25. The minimum Gasteiger partial charge on any atom is -0.360 e. The number of anilines is 1. The van der Waals surface area contributed by atoms with Crippen LogP contribution in [0, 0.1) is 0 Å². The topological polar surface area (TPSA) is 39.7 Å². The van der Waals surface area contributed by atoms with E-state index in [1.807, 2.05) is 30.3 Å². The Morgan fingerprint density at radius 2 is 1.43 bits per heavy atom. The molecule has 0 atom stereocenters. The van der Waals surface area contributed by atoms with E-state index < -0.39 is 8.97 Å². The fourth-order valence-electron chi connectivity index (χ4n) is 1.10. The summed E-state index contributed by atoms with van der Waals surface area (Å²) in [5.74, 6) is 0. The molecule has 0 heterocycles. The van der Waals surface area contributed by atoms with E-state index in [-0.39, 0.29) is 0 Å². The largest absolute Gasteiger partial charge is 0.630 e. The van der Waals surface area contributed by atoms with Crippen LogP contribution < -0.4 is 4.98 Å². The Labute approximate surface area is 85.2 Å². The molecule has 78 valence electrons. The summed E-state index contributed by atoms with van der Waals surface area (Å²) in [5, 5.41) is 0. The molecule has 0 aromatic heterocycles. The number of hydrogen-bond donors (Lipinski definition) is 1. The third kappa shape index (κ3) is 2.55. The lowest BCUT2D eigenvalue weighted by molar-refractivity contribution is 0.132. The first kappa shape index (κ1) is 11.2.